The number of nitrogens with zero attached hydrogens (tertiary/aromatic N) is 2. The zero-order chi connectivity index (χ0) is 11.0. The number of hydrogen-bond donors (Lipinski definition) is 1. The maximum Gasteiger partial charge on any atom is 0.125 e. The monoisotopic (exact) mass is 248 g/mol. The molecule has 0 saturated carbocycles. The summed E-state index contributed by atoms with van der Waals surface area (Å²) in [4.78, 5) is 0. The number of fused-ring (bicyclic) bond motifs is 1. The van der Waals surface area contributed by atoms with E-state index >= 15 is 0 Å². The number of aliphatic hydroxyl groups excluding tert-OH is 1. The molecule has 16 heavy (non-hydrogen) atoms. The predicted octanol–water partition coefficient (Wildman–Crippen LogP) is 2.83. The fourth-order valence-corrected chi connectivity index (χ4v) is 3.09. The number of thiophene rings is 1. The van der Waals surface area contributed by atoms with E-state index in [0.29, 0.717) is 5.69 Å². The van der Waals surface area contributed by atoms with Gasteiger partial charge in [-0.3, -0.25) is 0 Å². The van der Waals surface area contributed by atoms with Crippen molar-refractivity contribution < 1.29 is 5.11 Å². The van der Waals surface area contributed by atoms with Crippen molar-refractivity contribution in [2.24, 2.45) is 0 Å². The van der Waals surface area contributed by atoms with Crippen LogP contribution < -0.4 is 0 Å². The molecule has 2 heterocycles. The highest BCUT2D eigenvalue weighted by Crippen LogP contribution is 2.31. The van der Waals surface area contributed by atoms with Gasteiger partial charge in [-0.25, -0.2) is 0 Å². The first kappa shape index (κ1) is 9.89. The van der Waals surface area contributed by atoms with E-state index in [-0.39, 0.29) is 0 Å². The van der Waals surface area contributed by atoms with Crippen LogP contribution in [0.25, 0.3) is 10.1 Å². The molecule has 0 amide bonds. The summed E-state index contributed by atoms with van der Waals surface area (Å²) in [6.45, 7) is 0. The Bertz CT molecular complexity index is 603. The first-order valence-corrected chi connectivity index (χ1v) is 6.49. The lowest BCUT2D eigenvalue weighted by Gasteiger charge is -2.08. The molecule has 0 aliphatic rings. The molecule has 3 aromatic rings. The summed E-state index contributed by atoms with van der Waals surface area (Å²) in [5.41, 5.74) is 1.52. The van der Waals surface area contributed by atoms with Crippen LogP contribution in [0, 0.1) is 0 Å². The van der Waals surface area contributed by atoms with Crippen molar-refractivity contribution in [1.29, 1.82) is 0 Å². The van der Waals surface area contributed by atoms with Gasteiger partial charge in [0.2, 0.25) is 0 Å². The van der Waals surface area contributed by atoms with Crippen molar-refractivity contribution >= 4 is 33.0 Å². The van der Waals surface area contributed by atoms with Gasteiger partial charge in [0, 0.05) is 15.6 Å². The van der Waals surface area contributed by atoms with Gasteiger partial charge in [0.25, 0.3) is 0 Å². The van der Waals surface area contributed by atoms with Crippen LogP contribution in [0.5, 0.6) is 0 Å². The third-order valence-corrected chi connectivity index (χ3v) is 3.96. The zero-order valence-corrected chi connectivity index (χ0v) is 9.83. The molecule has 0 fully saturated rings. The van der Waals surface area contributed by atoms with Crippen molar-refractivity contribution in [2.45, 2.75) is 6.10 Å². The molecule has 2 aromatic heterocycles. The Balaban J connectivity index is 2.15. The molecular formula is C11H8N2OS2. The second-order valence-corrected chi connectivity index (χ2v) is 4.94. The molecule has 80 valence electrons. The lowest BCUT2D eigenvalue weighted by molar-refractivity contribution is 0.217. The average Bonchev–Trinajstić information content (AvgIpc) is 2.98. The van der Waals surface area contributed by atoms with Gasteiger partial charge >= 0.3 is 0 Å². The maximum atomic E-state index is 10.2. The standard InChI is InChI=1S/C11H8N2OS2/c14-10(9-6-16-13-12-9)8-3-1-2-7-4-5-15-11(7)8/h1-6,10,14H. The molecule has 0 radical (unpaired) electrons. The molecule has 0 bridgehead atoms. The summed E-state index contributed by atoms with van der Waals surface area (Å²) in [6.07, 6.45) is -0.680. The Morgan fingerprint density at radius 2 is 2.19 bits per heavy atom. The Morgan fingerprint density at radius 3 is 3.00 bits per heavy atom. The minimum absolute atomic E-state index is 0.617. The van der Waals surface area contributed by atoms with Crippen LogP contribution in [0.15, 0.2) is 35.0 Å². The summed E-state index contributed by atoms with van der Waals surface area (Å²) in [6, 6.07) is 7.98. The first-order chi connectivity index (χ1) is 7.86. The smallest absolute Gasteiger partial charge is 0.125 e. The van der Waals surface area contributed by atoms with E-state index < -0.39 is 6.10 Å². The molecule has 1 atom stereocenters. The Morgan fingerprint density at radius 1 is 1.25 bits per heavy atom. The molecule has 0 spiro atoms. The number of aliphatic hydroxyl groups is 1. The van der Waals surface area contributed by atoms with E-state index in [1.54, 1.807) is 16.7 Å². The largest absolute Gasteiger partial charge is 0.382 e. The number of hydrogen-bond acceptors (Lipinski definition) is 5. The summed E-state index contributed by atoms with van der Waals surface area (Å²) in [7, 11) is 0. The normalized spacial score (nSPS) is 13.1. The van der Waals surface area contributed by atoms with Gasteiger partial charge in [-0.2, -0.15) is 0 Å². The second-order valence-electron chi connectivity index (χ2n) is 3.42. The molecule has 0 aliphatic carbocycles. The van der Waals surface area contributed by atoms with Gasteiger partial charge in [-0.1, -0.05) is 22.7 Å². The van der Waals surface area contributed by atoms with Crippen molar-refractivity contribution in [3.05, 3.63) is 46.3 Å². The van der Waals surface area contributed by atoms with Gasteiger partial charge in [0.1, 0.15) is 11.8 Å². The minimum atomic E-state index is -0.680. The van der Waals surface area contributed by atoms with Gasteiger partial charge in [-0.05, 0) is 28.4 Å². The molecule has 1 unspecified atom stereocenters. The van der Waals surface area contributed by atoms with Crippen molar-refractivity contribution in [3.8, 4) is 0 Å². The Labute approximate surface area is 100 Å². The SMILES string of the molecule is OC(c1csnn1)c1cccc2ccsc12. The van der Waals surface area contributed by atoms with Crippen LogP contribution in [0.3, 0.4) is 0 Å². The highest BCUT2D eigenvalue weighted by molar-refractivity contribution is 7.17. The molecule has 3 rings (SSSR count). The Kier molecular flexibility index (Phi) is 2.43. The lowest BCUT2D eigenvalue weighted by Crippen LogP contribution is -2.00. The van der Waals surface area contributed by atoms with Crippen LogP contribution in [0.2, 0.25) is 0 Å². The quantitative estimate of drug-likeness (QED) is 0.758. The van der Waals surface area contributed by atoms with Crippen LogP contribution >= 0.6 is 22.9 Å². The van der Waals surface area contributed by atoms with Crippen molar-refractivity contribution in [1.82, 2.24) is 9.59 Å². The van der Waals surface area contributed by atoms with E-state index in [0.717, 1.165) is 15.6 Å². The van der Waals surface area contributed by atoms with Crippen LogP contribution in [-0.2, 0) is 0 Å². The number of rotatable bonds is 2. The second kappa shape index (κ2) is 3.93. The highest BCUT2D eigenvalue weighted by atomic mass is 32.1. The van der Waals surface area contributed by atoms with Gasteiger partial charge in [-0.15, -0.1) is 16.4 Å². The van der Waals surface area contributed by atoms with Gasteiger partial charge in [0.05, 0.1) is 0 Å². The third-order valence-electron chi connectivity index (χ3n) is 2.46. The molecule has 1 aromatic carbocycles. The van der Waals surface area contributed by atoms with Crippen molar-refractivity contribution in [3.63, 3.8) is 0 Å². The maximum absolute atomic E-state index is 10.2. The molecule has 5 heteroatoms. The average molecular weight is 248 g/mol. The van der Waals surface area contributed by atoms with Crippen LogP contribution in [0.4, 0.5) is 0 Å². The number of benzene rings is 1. The van der Waals surface area contributed by atoms with E-state index in [2.05, 4.69) is 15.7 Å². The van der Waals surface area contributed by atoms with E-state index in [1.807, 2.05) is 23.6 Å². The summed E-state index contributed by atoms with van der Waals surface area (Å²) < 4.78 is 4.89. The topological polar surface area (TPSA) is 46.0 Å². The summed E-state index contributed by atoms with van der Waals surface area (Å²) >= 11 is 2.89. The van der Waals surface area contributed by atoms with E-state index in [4.69, 9.17) is 0 Å². The fourth-order valence-electron chi connectivity index (χ4n) is 1.68. The number of aromatic nitrogens is 2. The zero-order valence-electron chi connectivity index (χ0n) is 8.20. The first-order valence-electron chi connectivity index (χ1n) is 4.77. The lowest BCUT2D eigenvalue weighted by atomic mass is 10.1. The van der Waals surface area contributed by atoms with E-state index in [9.17, 15) is 5.11 Å². The van der Waals surface area contributed by atoms with E-state index in [1.165, 1.54) is 11.5 Å². The Hall–Kier alpha value is -1.30. The third kappa shape index (κ3) is 1.53. The molecule has 1 N–H and O–H groups in total. The van der Waals surface area contributed by atoms with Gasteiger partial charge in [0.15, 0.2) is 0 Å². The predicted molar refractivity (Wildman–Crippen MR) is 65.8 cm³/mol. The molecule has 3 nitrogen and oxygen atoms in total. The summed E-state index contributed by atoms with van der Waals surface area (Å²) in [5.74, 6) is 0. The van der Waals surface area contributed by atoms with Gasteiger partial charge < -0.3 is 5.11 Å². The van der Waals surface area contributed by atoms with Crippen molar-refractivity contribution in [2.75, 3.05) is 0 Å². The molecular weight excluding hydrogens is 240 g/mol. The fraction of sp³-hybridized carbons (Fsp3) is 0.0909. The summed E-state index contributed by atoms with van der Waals surface area (Å²) in [5, 5.41) is 19.1. The minimum Gasteiger partial charge on any atom is -0.382 e. The highest BCUT2D eigenvalue weighted by Gasteiger charge is 2.16. The van der Waals surface area contributed by atoms with Crippen LogP contribution in [-0.4, -0.2) is 14.7 Å². The molecule has 0 saturated heterocycles. The van der Waals surface area contributed by atoms with Crippen LogP contribution in [0.1, 0.15) is 17.4 Å². The molecule has 0 aliphatic heterocycles.